The van der Waals surface area contributed by atoms with Gasteiger partial charge in [-0.3, -0.25) is 9.36 Å². The topological polar surface area (TPSA) is 108 Å². The molecule has 1 amide bonds. The van der Waals surface area contributed by atoms with Gasteiger partial charge in [-0.1, -0.05) is 360 Å². The molecule has 0 saturated heterocycles. The van der Waals surface area contributed by atoms with Gasteiger partial charge in [0.05, 0.1) is 39.9 Å². The molecule has 0 rings (SSSR count). The van der Waals surface area contributed by atoms with Crippen molar-refractivity contribution in [2.24, 2.45) is 0 Å². The van der Waals surface area contributed by atoms with E-state index in [2.05, 4.69) is 19.2 Å². The van der Waals surface area contributed by atoms with Gasteiger partial charge in [-0.15, -0.1) is 0 Å². The monoisotopic (exact) mass is 1120 g/mol. The Hall–Kier alpha value is -0.760. The van der Waals surface area contributed by atoms with Gasteiger partial charge in [-0.25, -0.2) is 0 Å². The maximum atomic E-state index is 13.0. The van der Waals surface area contributed by atoms with E-state index in [1.165, 1.54) is 315 Å². The van der Waals surface area contributed by atoms with E-state index in [0.29, 0.717) is 17.4 Å². The third-order valence-corrected chi connectivity index (χ3v) is 17.5. The summed E-state index contributed by atoms with van der Waals surface area (Å²) in [5.74, 6) is -0.187. The van der Waals surface area contributed by atoms with Crippen LogP contribution >= 0.6 is 7.82 Å². The fourth-order valence-corrected chi connectivity index (χ4v) is 11.8. The first-order valence-electron chi connectivity index (χ1n) is 35.1. The number of carbonyl (C=O) groups is 1. The number of nitrogens with zero attached hydrogens (tertiary/aromatic N) is 1. The van der Waals surface area contributed by atoms with E-state index in [0.717, 1.165) is 38.5 Å². The lowest BCUT2D eigenvalue weighted by molar-refractivity contribution is -0.870. The lowest BCUT2D eigenvalue weighted by Gasteiger charge is -2.29. The summed E-state index contributed by atoms with van der Waals surface area (Å²) in [5, 5.41) is 14.0. The Morgan fingerprint density at radius 3 is 0.962 bits per heavy atom. The molecule has 2 N–H and O–H groups in total. The van der Waals surface area contributed by atoms with E-state index in [4.69, 9.17) is 9.05 Å². The van der Waals surface area contributed by atoms with E-state index in [9.17, 15) is 19.4 Å². The molecule has 466 valence electrons. The molecule has 0 fully saturated rings. The molecule has 0 aliphatic rings. The molecule has 0 aliphatic heterocycles. The van der Waals surface area contributed by atoms with Crippen LogP contribution in [0.2, 0.25) is 0 Å². The number of aliphatic hydroxyl groups excluding tert-OH is 1. The number of allylic oxidation sites excluding steroid dienone is 1. The summed E-state index contributed by atoms with van der Waals surface area (Å²) in [7, 11) is 1.28. The van der Waals surface area contributed by atoms with Crippen LogP contribution in [0.25, 0.3) is 0 Å². The maximum absolute atomic E-state index is 13.0. The molecule has 0 saturated carbocycles. The minimum absolute atomic E-state index is 0.00293. The highest BCUT2D eigenvalue weighted by Gasteiger charge is 2.23. The van der Waals surface area contributed by atoms with Crippen molar-refractivity contribution in [1.82, 2.24) is 5.32 Å². The Bertz CT molecular complexity index is 1280. The van der Waals surface area contributed by atoms with Crippen LogP contribution in [0.1, 0.15) is 373 Å². The van der Waals surface area contributed by atoms with E-state index >= 15 is 0 Å². The third kappa shape index (κ3) is 62.8. The Morgan fingerprint density at radius 2 is 0.692 bits per heavy atom. The molecule has 0 radical (unpaired) electrons. The van der Waals surface area contributed by atoms with Crippen molar-refractivity contribution >= 4 is 13.7 Å². The van der Waals surface area contributed by atoms with Crippen LogP contribution in [0.5, 0.6) is 0 Å². The van der Waals surface area contributed by atoms with Crippen molar-refractivity contribution in [2.75, 3.05) is 40.9 Å². The van der Waals surface area contributed by atoms with Crippen molar-refractivity contribution in [1.29, 1.82) is 0 Å². The van der Waals surface area contributed by atoms with Crippen LogP contribution in [0.3, 0.4) is 0 Å². The molecule has 8 nitrogen and oxygen atoms in total. The van der Waals surface area contributed by atoms with Crippen molar-refractivity contribution in [2.45, 2.75) is 386 Å². The molecule has 9 heteroatoms. The van der Waals surface area contributed by atoms with Gasteiger partial charge in [0.15, 0.2) is 0 Å². The van der Waals surface area contributed by atoms with Crippen LogP contribution in [0.15, 0.2) is 12.2 Å². The first-order chi connectivity index (χ1) is 38.0. The van der Waals surface area contributed by atoms with E-state index in [1.807, 2.05) is 27.2 Å². The number of aliphatic hydroxyl groups is 1. The predicted molar refractivity (Wildman–Crippen MR) is 339 cm³/mol. The zero-order chi connectivity index (χ0) is 57.0. The normalized spacial score (nSPS) is 13.7. The largest absolute Gasteiger partial charge is 0.756 e. The quantitative estimate of drug-likeness (QED) is 0.0272. The smallest absolute Gasteiger partial charge is 0.268 e. The third-order valence-electron chi connectivity index (χ3n) is 16.5. The Labute approximate surface area is 488 Å². The summed E-state index contributed by atoms with van der Waals surface area (Å²) in [4.78, 5) is 25.6. The number of rotatable bonds is 66. The van der Waals surface area contributed by atoms with Gasteiger partial charge in [0.2, 0.25) is 5.91 Å². The molecule has 0 aromatic carbocycles. The second-order valence-electron chi connectivity index (χ2n) is 25.6. The SMILES string of the molecule is CCCCCCCCCCCCCCCCCCCCC/C=C/C(O)C(COP(=O)([O-])OCC[N+](C)(C)C)NC(=O)CCCCCCCCCCCCCCCCCCCCCCCCCCCCCCCCCCCCC. The summed E-state index contributed by atoms with van der Waals surface area (Å²) in [5.41, 5.74) is 0. The van der Waals surface area contributed by atoms with E-state index < -0.39 is 20.0 Å². The first kappa shape index (κ1) is 77.2. The summed E-state index contributed by atoms with van der Waals surface area (Å²) >= 11 is 0. The summed E-state index contributed by atoms with van der Waals surface area (Å²) < 4.78 is 23.4. The fraction of sp³-hybridized carbons (Fsp3) is 0.957. The van der Waals surface area contributed by atoms with Gasteiger partial charge in [-0.05, 0) is 19.3 Å². The van der Waals surface area contributed by atoms with Gasteiger partial charge in [0, 0.05) is 6.42 Å². The zero-order valence-corrected chi connectivity index (χ0v) is 54.3. The van der Waals surface area contributed by atoms with E-state index in [1.54, 1.807) is 6.08 Å². The predicted octanol–water partition coefficient (Wildman–Crippen LogP) is 21.5. The molecule has 3 unspecified atom stereocenters. The molecule has 0 bridgehead atoms. The Balaban J connectivity index is 3.96. The van der Waals surface area contributed by atoms with E-state index in [-0.39, 0.29) is 19.1 Å². The number of hydrogen-bond donors (Lipinski definition) is 2. The van der Waals surface area contributed by atoms with Gasteiger partial charge in [0.25, 0.3) is 7.82 Å². The second-order valence-corrected chi connectivity index (χ2v) is 27.0. The number of hydrogen-bond acceptors (Lipinski definition) is 6. The number of unbranched alkanes of at least 4 members (excludes halogenated alkanes) is 53. The van der Waals surface area contributed by atoms with Gasteiger partial charge in [-0.2, -0.15) is 0 Å². The molecule has 0 aliphatic carbocycles. The number of phosphoric ester groups is 1. The minimum Gasteiger partial charge on any atom is -0.756 e. The number of phosphoric acid groups is 1. The van der Waals surface area contributed by atoms with Crippen LogP contribution in [0.4, 0.5) is 0 Å². The van der Waals surface area contributed by atoms with Gasteiger partial charge >= 0.3 is 0 Å². The van der Waals surface area contributed by atoms with Gasteiger partial charge in [0.1, 0.15) is 13.2 Å². The van der Waals surface area contributed by atoms with Crippen molar-refractivity contribution < 1.29 is 32.9 Å². The first-order valence-corrected chi connectivity index (χ1v) is 36.5. The van der Waals surface area contributed by atoms with Crippen LogP contribution in [-0.4, -0.2) is 68.5 Å². The average molecular weight is 1120 g/mol. The maximum Gasteiger partial charge on any atom is 0.268 e. The molecular formula is C69H139N2O6P. The molecule has 78 heavy (non-hydrogen) atoms. The van der Waals surface area contributed by atoms with Crippen LogP contribution < -0.4 is 10.2 Å². The Morgan fingerprint density at radius 1 is 0.436 bits per heavy atom. The summed E-state index contributed by atoms with van der Waals surface area (Å²) in [6.07, 6.45) is 77.7. The zero-order valence-electron chi connectivity index (χ0n) is 53.4. The standard InChI is InChI=1S/C69H139N2O6P/c1-6-8-10-12-14-16-18-20-22-24-26-28-29-30-31-32-33-34-35-36-37-38-39-40-41-43-45-47-49-51-53-55-57-59-61-63-69(73)70-67(66-77-78(74,75)76-65-64-71(3,4)5)68(72)62-60-58-56-54-52-50-48-46-44-42-27-25-23-21-19-17-15-13-11-9-7-2/h60,62,67-68,72H,6-59,61,63-66H2,1-5H3,(H-,70,73,74,75)/b62-60+. The van der Waals surface area contributed by atoms with Crippen molar-refractivity contribution in [3.05, 3.63) is 12.2 Å². The van der Waals surface area contributed by atoms with Gasteiger partial charge < -0.3 is 28.8 Å². The second kappa shape index (κ2) is 60.8. The average Bonchev–Trinajstić information content (AvgIpc) is 3.41. The lowest BCUT2D eigenvalue weighted by atomic mass is 10.0. The number of nitrogens with one attached hydrogen (secondary N) is 1. The number of likely N-dealkylation sites (N-methyl/N-ethyl adjacent to an activating group) is 1. The lowest BCUT2D eigenvalue weighted by Crippen LogP contribution is -2.45. The molecule has 0 spiro atoms. The highest BCUT2D eigenvalue weighted by atomic mass is 31.2. The highest BCUT2D eigenvalue weighted by Crippen LogP contribution is 2.38. The van der Waals surface area contributed by atoms with Crippen molar-refractivity contribution in [3.8, 4) is 0 Å². The minimum atomic E-state index is -4.60. The number of quaternary nitrogens is 1. The number of amides is 1. The fourth-order valence-electron chi connectivity index (χ4n) is 11.0. The highest BCUT2D eigenvalue weighted by molar-refractivity contribution is 7.45. The molecule has 0 heterocycles. The van der Waals surface area contributed by atoms with Crippen LogP contribution in [0, 0.1) is 0 Å². The molecule has 0 aromatic rings. The summed E-state index contributed by atoms with van der Waals surface area (Å²) in [6.45, 7) is 4.72. The summed E-state index contributed by atoms with van der Waals surface area (Å²) in [6, 6.07) is -0.883. The number of carbonyl (C=O) groups excluding carboxylic acids is 1. The van der Waals surface area contributed by atoms with Crippen LogP contribution in [-0.2, 0) is 18.4 Å². The molecular weight excluding hydrogens is 984 g/mol. The molecule has 3 atom stereocenters. The Kier molecular flexibility index (Phi) is 60.2. The van der Waals surface area contributed by atoms with Crippen molar-refractivity contribution in [3.63, 3.8) is 0 Å². The molecule has 0 aromatic heterocycles.